The van der Waals surface area contributed by atoms with Crippen molar-refractivity contribution in [3.05, 3.63) is 52.5 Å². The third-order valence-electron chi connectivity index (χ3n) is 3.91. The minimum absolute atomic E-state index is 0.152. The van der Waals surface area contributed by atoms with Gasteiger partial charge in [0.2, 0.25) is 0 Å². The number of para-hydroxylation sites is 2. The Morgan fingerprint density at radius 3 is 2.88 bits per heavy atom. The number of nitrogens with zero attached hydrogens (tertiary/aromatic N) is 1. The quantitative estimate of drug-likeness (QED) is 0.863. The van der Waals surface area contributed by atoms with Crippen LogP contribution in [0, 0.1) is 0 Å². The molecule has 0 radical (unpaired) electrons. The van der Waals surface area contributed by atoms with Gasteiger partial charge >= 0.3 is 0 Å². The Labute approximate surface area is 156 Å². The number of nitrogens with one attached hydrogen (secondary N) is 1. The zero-order valence-corrected chi connectivity index (χ0v) is 15.2. The Balaban J connectivity index is 1.69. The van der Waals surface area contributed by atoms with Gasteiger partial charge in [-0.1, -0.05) is 35.3 Å². The summed E-state index contributed by atoms with van der Waals surface area (Å²) in [5, 5.41) is 3.66. The molecule has 7 heteroatoms. The maximum Gasteiger partial charge on any atom is 0.262 e. The van der Waals surface area contributed by atoms with Crippen molar-refractivity contribution in [2.45, 2.75) is 6.10 Å². The number of anilines is 1. The number of amides is 1. The summed E-state index contributed by atoms with van der Waals surface area (Å²) < 4.78 is 11.5. The van der Waals surface area contributed by atoms with E-state index in [2.05, 4.69) is 10.2 Å². The van der Waals surface area contributed by atoms with Gasteiger partial charge in [-0.15, -0.1) is 0 Å². The monoisotopic (exact) mass is 380 g/mol. The van der Waals surface area contributed by atoms with Crippen molar-refractivity contribution < 1.29 is 14.3 Å². The lowest BCUT2D eigenvalue weighted by Gasteiger charge is -2.35. The van der Waals surface area contributed by atoms with Crippen LogP contribution in [0.5, 0.6) is 11.5 Å². The molecule has 2 aromatic carbocycles. The number of carbonyl (C=O) groups is 1. The third-order valence-corrected chi connectivity index (χ3v) is 4.44. The fourth-order valence-electron chi connectivity index (χ4n) is 2.67. The van der Waals surface area contributed by atoms with Gasteiger partial charge in [0.25, 0.3) is 5.91 Å². The second-order valence-electron chi connectivity index (χ2n) is 5.56. The van der Waals surface area contributed by atoms with Crippen LogP contribution in [0.1, 0.15) is 0 Å². The number of halogens is 2. The number of hydrogen-bond acceptors (Lipinski definition) is 4. The zero-order valence-electron chi connectivity index (χ0n) is 13.7. The molecule has 2 aromatic rings. The summed E-state index contributed by atoms with van der Waals surface area (Å²) in [4.78, 5) is 14.0. The van der Waals surface area contributed by atoms with Crippen LogP contribution in [0.3, 0.4) is 0 Å². The number of carbonyl (C=O) groups excluding carboxylic acids is 1. The number of ether oxygens (including phenoxy) is 2. The molecule has 1 aliphatic rings. The molecule has 0 aromatic heterocycles. The average Bonchev–Trinajstić information content (AvgIpc) is 2.62. The predicted octanol–water partition coefficient (Wildman–Crippen LogP) is 3.39. The maximum absolute atomic E-state index is 12.0. The van der Waals surface area contributed by atoms with Crippen LogP contribution in [0.15, 0.2) is 42.5 Å². The van der Waals surface area contributed by atoms with E-state index in [0.717, 1.165) is 5.69 Å². The Bertz CT molecular complexity index is 770. The smallest absolute Gasteiger partial charge is 0.262 e. The average molecular weight is 381 g/mol. The van der Waals surface area contributed by atoms with E-state index in [9.17, 15) is 4.79 Å². The van der Waals surface area contributed by atoms with E-state index in [1.54, 1.807) is 25.2 Å². The van der Waals surface area contributed by atoms with E-state index in [4.69, 9.17) is 32.7 Å². The van der Waals surface area contributed by atoms with Crippen molar-refractivity contribution in [2.24, 2.45) is 0 Å². The van der Waals surface area contributed by atoms with Crippen LogP contribution >= 0.6 is 23.2 Å². The van der Waals surface area contributed by atoms with Gasteiger partial charge < -0.3 is 19.7 Å². The molecule has 0 bridgehead atoms. The Morgan fingerprint density at radius 1 is 1.32 bits per heavy atom. The maximum atomic E-state index is 12.0. The largest absolute Gasteiger partial charge is 0.490 e. The highest BCUT2D eigenvalue weighted by molar-refractivity contribution is 6.35. The van der Waals surface area contributed by atoms with Gasteiger partial charge in [-0.25, -0.2) is 0 Å². The van der Waals surface area contributed by atoms with Gasteiger partial charge in [0.1, 0.15) is 18.1 Å². The van der Waals surface area contributed by atoms with E-state index < -0.39 is 6.10 Å². The highest BCUT2D eigenvalue weighted by atomic mass is 35.5. The van der Waals surface area contributed by atoms with Crippen molar-refractivity contribution in [1.82, 2.24) is 5.32 Å². The lowest BCUT2D eigenvalue weighted by atomic mass is 10.2. The van der Waals surface area contributed by atoms with Gasteiger partial charge in [0, 0.05) is 12.1 Å². The molecule has 1 amide bonds. The molecule has 0 fully saturated rings. The van der Waals surface area contributed by atoms with E-state index in [1.165, 1.54) is 0 Å². The molecular weight excluding hydrogens is 363 g/mol. The summed E-state index contributed by atoms with van der Waals surface area (Å²) >= 11 is 12.0. The lowest BCUT2D eigenvalue weighted by molar-refractivity contribution is -0.127. The second-order valence-corrected chi connectivity index (χ2v) is 6.40. The first-order chi connectivity index (χ1) is 12.1. The van der Waals surface area contributed by atoms with Crippen LogP contribution in [-0.2, 0) is 4.79 Å². The van der Waals surface area contributed by atoms with Gasteiger partial charge in [-0.2, -0.15) is 0 Å². The minimum Gasteiger partial charge on any atom is -0.490 e. The van der Waals surface area contributed by atoms with Crippen LogP contribution in [0.4, 0.5) is 5.69 Å². The fraction of sp³-hybridized carbons (Fsp3) is 0.278. The molecule has 1 N–H and O–H groups in total. The SMILES string of the molecule is CNC(=O)[C@@H]1CN(CCOc2ccc(Cl)cc2Cl)c2ccccc2O1. The van der Waals surface area contributed by atoms with Crippen molar-refractivity contribution in [3.8, 4) is 11.5 Å². The summed E-state index contributed by atoms with van der Waals surface area (Å²) in [6, 6.07) is 12.8. The minimum atomic E-state index is -0.556. The van der Waals surface area contributed by atoms with Crippen LogP contribution < -0.4 is 19.7 Å². The Hall–Kier alpha value is -2.11. The predicted molar refractivity (Wildman–Crippen MR) is 99.1 cm³/mol. The van der Waals surface area contributed by atoms with Crippen LogP contribution in [0.2, 0.25) is 10.0 Å². The second kappa shape index (κ2) is 7.85. The molecular formula is C18H18Cl2N2O3. The Morgan fingerprint density at radius 2 is 2.12 bits per heavy atom. The standard InChI is InChI=1S/C18H18Cl2N2O3/c1-21-18(23)17-11-22(14-4-2-3-5-16(14)25-17)8-9-24-15-7-6-12(19)10-13(15)20/h2-7,10,17H,8-9,11H2,1H3,(H,21,23)/t17-/m0/s1. The summed E-state index contributed by atoms with van der Waals surface area (Å²) in [6.45, 7) is 1.46. The third kappa shape index (κ3) is 4.11. The lowest BCUT2D eigenvalue weighted by Crippen LogP contribution is -2.49. The van der Waals surface area contributed by atoms with Gasteiger partial charge in [-0.05, 0) is 30.3 Å². The summed E-state index contributed by atoms with van der Waals surface area (Å²) in [6.07, 6.45) is -0.556. The molecule has 0 saturated heterocycles. The molecule has 1 atom stereocenters. The normalized spacial score (nSPS) is 16.0. The molecule has 0 spiro atoms. The van der Waals surface area contributed by atoms with E-state index in [-0.39, 0.29) is 5.91 Å². The number of rotatable bonds is 5. The zero-order chi connectivity index (χ0) is 17.8. The Kier molecular flexibility index (Phi) is 5.56. The van der Waals surface area contributed by atoms with E-state index >= 15 is 0 Å². The number of benzene rings is 2. The first-order valence-corrected chi connectivity index (χ1v) is 8.64. The molecule has 0 saturated carbocycles. The summed E-state index contributed by atoms with van der Waals surface area (Å²) in [5.41, 5.74) is 0.938. The van der Waals surface area contributed by atoms with E-state index in [1.807, 2.05) is 24.3 Å². The van der Waals surface area contributed by atoms with Crippen molar-refractivity contribution in [2.75, 3.05) is 31.6 Å². The van der Waals surface area contributed by atoms with Crippen molar-refractivity contribution in [1.29, 1.82) is 0 Å². The van der Waals surface area contributed by atoms with Gasteiger partial charge in [-0.3, -0.25) is 4.79 Å². The van der Waals surface area contributed by atoms with Gasteiger partial charge in [0.15, 0.2) is 6.10 Å². The molecule has 132 valence electrons. The summed E-state index contributed by atoms with van der Waals surface area (Å²) in [7, 11) is 1.60. The van der Waals surface area contributed by atoms with Crippen molar-refractivity contribution >= 4 is 34.8 Å². The molecule has 1 heterocycles. The summed E-state index contributed by atoms with van der Waals surface area (Å²) in [5.74, 6) is 1.11. The first kappa shape index (κ1) is 17.7. The molecule has 1 aliphatic heterocycles. The highest BCUT2D eigenvalue weighted by Gasteiger charge is 2.29. The number of likely N-dealkylation sites (N-methyl/N-ethyl adjacent to an activating group) is 1. The molecule has 0 unspecified atom stereocenters. The number of fused-ring (bicyclic) bond motifs is 1. The molecule has 5 nitrogen and oxygen atoms in total. The van der Waals surface area contributed by atoms with Crippen LogP contribution in [0.25, 0.3) is 0 Å². The van der Waals surface area contributed by atoms with Crippen molar-refractivity contribution in [3.63, 3.8) is 0 Å². The van der Waals surface area contributed by atoms with Gasteiger partial charge in [0.05, 0.1) is 23.8 Å². The molecule has 25 heavy (non-hydrogen) atoms. The molecule has 0 aliphatic carbocycles. The topological polar surface area (TPSA) is 50.8 Å². The highest BCUT2D eigenvalue weighted by Crippen LogP contribution is 2.33. The molecule has 3 rings (SSSR count). The van der Waals surface area contributed by atoms with E-state index in [0.29, 0.717) is 41.2 Å². The first-order valence-electron chi connectivity index (χ1n) is 7.88. The fourth-order valence-corrected chi connectivity index (χ4v) is 3.14. The number of hydrogen-bond donors (Lipinski definition) is 1. The van der Waals surface area contributed by atoms with Crippen LogP contribution in [-0.4, -0.2) is 38.8 Å².